The number of alkyl halides is 3. The van der Waals surface area contributed by atoms with E-state index in [2.05, 4.69) is 5.16 Å². The van der Waals surface area contributed by atoms with Gasteiger partial charge >= 0.3 is 6.18 Å². The molecule has 0 unspecified atom stereocenters. The van der Waals surface area contributed by atoms with Gasteiger partial charge in [0.15, 0.2) is 11.5 Å². The minimum absolute atomic E-state index is 0.00967. The molecule has 0 saturated carbocycles. The van der Waals surface area contributed by atoms with Crippen molar-refractivity contribution >= 4 is 16.7 Å². The molecule has 29 heavy (non-hydrogen) atoms. The van der Waals surface area contributed by atoms with Crippen molar-refractivity contribution in [1.82, 2.24) is 0 Å². The van der Waals surface area contributed by atoms with E-state index in [9.17, 15) is 23.1 Å². The molecule has 0 aliphatic heterocycles. The molecule has 2 N–H and O–H groups in total. The first-order chi connectivity index (χ1) is 13.7. The first kappa shape index (κ1) is 20.1. The van der Waals surface area contributed by atoms with Crippen LogP contribution in [0.4, 0.5) is 13.2 Å². The minimum Gasteiger partial charge on any atom is -0.508 e. The third-order valence-electron chi connectivity index (χ3n) is 3.96. The van der Waals surface area contributed by atoms with Crippen LogP contribution in [0.15, 0.2) is 56.8 Å². The predicted molar refractivity (Wildman–Crippen MR) is 96.2 cm³/mol. The second kappa shape index (κ2) is 7.74. The Morgan fingerprint density at radius 2 is 1.79 bits per heavy atom. The molecule has 0 aliphatic carbocycles. The molecule has 3 rings (SSSR count). The Balaban J connectivity index is 2.15. The lowest BCUT2D eigenvalue weighted by Crippen LogP contribution is -2.26. The molecule has 0 atom stereocenters. The zero-order chi connectivity index (χ0) is 21.2. The summed E-state index contributed by atoms with van der Waals surface area (Å²) in [5, 5.41) is 20.6. The Morgan fingerprint density at radius 3 is 2.38 bits per heavy atom. The molecule has 3 aromatic rings. The van der Waals surface area contributed by atoms with Crippen LogP contribution in [-0.2, 0) is 6.42 Å². The highest BCUT2D eigenvalue weighted by molar-refractivity contribution is 5.91. The first-order valence-corrected chi connectivity index (χ1v) is 8.11. The van der Waals surface area contributed by atoms with Gasteiger partial charge in [0, 0.05) is 6.07 Å². The monoisotopic (exact) mass is 409 g/mol. The fourth-order valence-electron chi connectivity index (χ4n) is 2.54. The summed E-state index contributed by atoms with van der Waals surface area (Å²) < 4.78 is 55.0. The van der Waals surface area contributed by atoms with Gasteiger partial charge in [-0.05, 0) is 36.4 Å². The number of aromatic hydroxyl groups is 1. The molecule has 0 amide bonds. The van der Waals surface area contributed by atoms with Crippen LogP contribution in [0.25, 0.3) is 11.0 Å². The van der Waals surface area contributed by atoms with Gasteiger partial charge in [0.25, 0.3) is 0 Å². The summed E-state index contributed by atoms with van der Waals surface area (Å²) in [5.74, 6) is -0.618. The average molecular weight is 409 g/mol. The summed E-state index contributed by atoms with van der Waals surface area (Å²) in [6.07, 6.45) is -6.02. The summed E-state index contributed by atoms with van der Waals surface area (Å²) in [7, 11) is 1.45. The number of phenols is 1. The average Bonchev–Trinajstić information content (AvgIpc) is 2.68. The zero-order valence-corrected chi connectivity index (χ0v) is 14.9. The van der Waals surface area contributed by atoms with Crippen LogP contribution in [0.2, 0.25) is 0 Å². The standard InChI is InChI=1S/C19H14F3NO6/c1-27-11-3-5-12(6-4-11)28-18-15(9-16(23-26)19(20,21)22)29-14-8-10(24)2-7-13(14)17(18)25/h2-8,24,26H,9H2,1H3/b23-16-. The van der Waals surface area contributed by atoms with E-state index in [4.69, 9.17) is 19.1 Å². The minimum atomic E-state index is -4.96. The highest BCUT2D eigenvalue weighted by Crippen LogP contribution is 2.31. The molecule has 0 bridgehead atoms. The predicted octanol–water partition coefficient (Wildman–Crippen LogP) is 4.23. The zero-order valence-electron chi connectivity index (χ0n) is 14.9. The molecular weight excluding hydrogens is 395 g/mol. The van der Waals surface area contributed by atoms with Crippen molar-refractivity contribution < 1.29 is 37.4 Å². The molecular formula is C19H14F3NO6. The summed E-state index contributed by atoms with van der Waals surface area (Å²) in [6, 6.07) is 9.54. The van der Waals surface area contributed by atoms with Crippen molar-refractivity contribution in [1.29, 1.82) is 0 Å². The van der Waals surface area contributed by atoms with Crippen molar-refractivity contribution in [3.05, 3.63) is 58.4 Å². The van der Waals surface area contributed by atoms with Crippen LogP contribution in [0.3, 0.4) is 0 Å². The van der Waals surface area contributed by atoms with Gasteiger partial charge < -0.3 is 24.2 Å². The smallest absolute Gasteiger partial charge is 0.433 e. The van der Waals surface area contributed by atoms with Crippen LogP contribution in [0.5, 0.6) is 23.0 Å². The van der Waals surface area contributed by atoms with E-state index >= 15 is 0 Å². The Hall–Kier alpha value is -3.69. The molecule has 152 valence electrons. The van der Waals surface area contributed by atoms with Crippen molar-refractivity contribution in [3.8, 4) is 23.0 Å². The van der Waals surface area contributed by atoms with E-state index in [-0.39, 0.29) is 22.5 Å². The summed E-state index contributed by atoms with van der Waals surface area (Å²) in [5.41, 5.74) is -2.48. The van der Waals surface area contributed by atoms with Crippen LogP contribution in [-0.4, -0.2) is 29.3 Å². The topological polar surface area (TPSA) is 101 Å². The lowest BCUT2D eigenvalue weighted by molar-refractivity contribution is -0.0625. The van der Waals surface area contributed by atoms with Gasteiger partial charge in [-0.25, -0.2) is 0 Å². The summed E-state index contributed by atoms with van der Waals surface area (Å²) >= 11 is 0. The molecule has 10 heteroatoms. The van der Waals surface area contributed by atoms with Gasteiger partial charge in [-0.2, -0.15) is 13.2 Å². The number of oxime groups is 1. The van der Waals surface area contributed by atoms with E-state index in [1.165, 1.54) is 43.5 Å². The third kappa shape index (κ3) is 4.26. The number of nitrogens with zero attached hydrogens (tertiary/aromatic N) is 1. The van der Waals surface area contributed by atoms with E-state index in [0.29, 0.717) is 5.75 Å². The lowest BCUT2D eigenvalue weighted by Gasteiger charge is -2.13. The molecule has 0 radical (unpaired) electrons. The normalized spacial score (nSPS) is 12.2. The fraction of sp³-hybridized carbons (Fsp3) is 0.158. The van der Waals surface area contributed by atoms with Crippen LogP contribution >= 0.6 is 0 Å². The largest absolute Gasteiger partial charge is 0.508 e. The van der Waals surface area contributed by atoms with E-state index in [1.54, 1.807) is 0 Å². The first-order valence-electron chi connectivity index (χ1n) is 8.11. The quantitative estimate of drug-likeness (QED) is 0.371. The van der Waals surface area contributed by atoms with Crippen LogP contribution in [0, 0.1) is 0 Å². The number of hydrogen-bond acceptors (Lipinski definition) is 7. The fourth-order valence-corrected chi connectivity index (χ4v) is 2.54. The number of fused-ring (bicyclic) bond motifs is 1. The van der Waals surface area contributed by atoms with Gasteiger partial charge in [-0.15, -0.1) is 0 Å². The highest BCUT2D eigenvalue weighted by Gasteiger charge is 2.38. The van der Waals surface area contributed by atoms with Gasteiger partial charge in [0.05, 0.1) is 18.9 Å². The van der Waals surface area contributed by atoms with Gasteiger partial charge in [-0.1, -0.05) is 5.16 Å². The second-order valence-corrected chi connectivity index (χ2v) is 5.86. The van der Waals surface area contributed by atoms with Crippen molar-refractivity contribution in [2.24, 2.45) is 5.16 Å². The number of benzene rings is 2. The Bertz CT molecular complexity index is 1120. The maximum absolute atomic E-state index is 13.0. The number of methoxy groups -OCH3 is 1. The number of phenolic OH excluding ortho intramolecular Hbond substituents is 1. The van der Waals surface area contributed by atoms with Crippen molar-refractivity contribution in [3.63, 3.8) is 0 Å². The van der Waals surface area contributed by atoms with Gasteiger partial charge in [-0.3, -0.25) is 4.79 Å². The Labute approximate surface area is 161 Å². The van der Waals surface area contributed by atoms with Gasteiger partial charge in [0.2, 0.25) is 11.2 Å². The van der Waals surface area contributed by atoms with Crippen LogP contribution in [0.1, 0.15) is 5.76 Å². The van der Waals surface area contributed by atoms with Crippen molar-refractivity contribution in [2.75, 3.05) is 7.11 Å². The maximum atomic E-state index is 13.0. The summed E-state index contributed by atoms with van der Waals surface area (Å²) in [4.78, 5) is 12.8. The third-order valence-corrected chi connectivity index (χ3v) is 3.96. The second-order valence-electron chi connectivity index (χ2n) is 5.86. The van der Waals surface area contributed by atoms with E-state index < -0.39 is 35.2 Å². The SMILES string of the molecule is COc1ccc(Oc2c(C/C(=N/O)C(F)(F)F)oc3cc(O)ccc3c2=O)cc1. The molecule has 1 heterocycles. The number of hydrogen-bond donors (Lipinski definition) is 2. The molecule has 2 aromatic carbocycles. The molecule has 7 nitrogen and oxygen atoms in total. The van der Waals surface area contributed by atoms with Gasteiger partial charge in [0.1, 0.15) is 22.8 Å². The van der Waals surface area contributed by atoms with E-state index in [0.717, 1.165) is 6.07 Å². The molecule has 0 fully saturated rings. The maximum Gasteiger partial charge on any atom is 0.433 e. The summed E-state index contributed by atoms with van der Waals surface area (Å²) in [6.45, 7) is 0. The molecule has 0 saturated heterocycles. The van der Waals surface area contributed by atoms with Crippen LogP contribution < -0.4 is 14.9 Å². The number of rotatable bonds is 5. The van der Waals surface area contributed by atoms with E-state index in [1.807, 2.05) is 0 Å². The lowest BCUT2D eigenvalue weighted by atomic mass is 10.1. The van der Waals surface area contributed by atoms with Crippen molar-refractivity contribution in [2.45, 2.75) is 12.6 Å². The Morgan fingerprint density at radius 1 is 1.14 bits per heavy atom. The highest BCUT2D eigenvalue weighted by atomic mass is 19.4. The molecule has 0 spiro atoms. The molecule has 0 aliphatic rings. The Kier molecular flexibility index (Phi) is 5.35. The number of halogens is 3. The number of ether oxygens (including phenoxy) is 2. The molecule has 1 aromatic heterocycles.